The molecule has 0 radical (unpaired) electrons. The summed E-state index contributed by atoms with van der Waals surface area (Å²) in [6, 6.07) is 52.2. The monoisotopic (exact) mass is 1350 g/mol. The lowest BCUT2D eigenvalue weighted by Gasteiger charge is -2.37. The molecule has 5 aliphatic rings. The van der Waals surface area contributed by atoms with Crippen molar-refractivity contribution in [3.63, 3.8) is 0 Å². The van der Waals surface area contributed by atoms with Crippen LogP contribution in [0, 0.1) is 0 Å². The zero-order valence-corrected chi connectivity index (χ0v) is 64.9. The number of hydrogen-bond acceptors (Lipinski definition) is 10. The number of carbonyl (C=O) groups is 3. The number of rotatable bonds is 16. The highest BCUT2D eigenvalue weighted by atomic mass is 16.2. The summed E-state index contributed by atoms with van der Waals surface area (Å²) in [6.07, 6.45) is 6.48. The summed E-state index contributed by atoms with van der Waals surface area (Å²) in [5.74, 6) is 6.60. The van der Waals surface area contributed by atoms with E-state index >= 15 is 0 Å². The van der Waals surface area contributed by atoms with E-state index in [-0.39, 0.29) is 23.5 Å². The Morgan fingerprint density at radius 3 is 1.28 bits per heavy atom. The number of likely N-dealkylation sites (N-methyl/N-ethyl adjacent to an activating group) is 4. The maximum absolute atomic E-state index is 12.3. The van der Waals surface area contributed by atoms with Gasteiger partial charge in [-0.25, -0.2) is 0 Å². The number of hydrogen-bond donors (Lipinski definition) is 1. The second-order valence-electron chi connectivity index (χ2n) is 30.6. The van der Waals surface area contributed by atoms with Gasteiger partial charge in [-0.3, -0.25) is 29.2 Å². The quantitative estimate of drug-likeness (QED) is 0.0951. The molecule has 99 heavy (non-hydrogen) atoms. The second-order valence-corrected chi connectivity index (χ2v) is 30.6. The SMILES string of the molecule is CC(=O)c1ccc(C(C)C)cc1.CC(C)c1ccc(C2=NCCCN2)cc1.CC(C)c1ccc(C2C(=O)N(C)CCN2C)cc1.CC(C)c1ccc(C2CCCN(C)C2)cc1.CC(C)c1ccc(C2CCN(C(C)C)CC2)cc1.CCN1CCN(CC(=O)c2ccc(C(C)C)cc2)CC1. The minimum Gasteiger partial charge on any atom is -0.370 e. The van der Waals surface area contributed by atoms with Gasteiger partial charge in [0.15, 0.2) is 11.6 Å². The van der Waals surface area contributed by atoms with Crippen LogP contribution in [0.5, 0.6) is 0 Å². The van der Waals surface area contributed by atoms with Crippen molar-refractivity contribution in [2.24, 2.45) is 4.99 Å². The summed E-state index contributed by atoms with van der Waals surface area (Å²) in [6.45, 7) is 49.4. The van der Waals surface area contributed by atoms with Crippen molar-refractivity contribution in [2.75, 3.05) is 113 Å². The molecule has 11 heteroatoms. The summed E-state index contributed by atoms with van der Waals surface area (Å²) < 4.78 is 0. The molecule has 0 aromatic heterocycles. The summed E-state index contributed by atoms with van der Waals surface area (Å²) in [4.78, 5) is 53.6. The zero-order chi connectivity index (χ0) is 72.3. The lowest BCUT2D eigenvalue weighted by atomic mass is 9.88. The van der Waals surface area contributed by atoms with Gasteiger partial charge in [0.1, 0.15) is 11.9 Å². The van der Waals surface area contributed by atoms with Crippen molar-refractivity contribution < 1.29 is 14.4 Å². The minimum atomic E-state index is -0.120. The van der Waals surface area contributed by atoms with Gasteiger partial charge < -0.3 is 24.9 Å². The fraction of sp³-hybridized carbons (Fsp3) is 0.545. The van der Waals surface area contributed by atoms with E-state index in [1.807, 2.05) is 55.4 Å². The predicted molar refractivity (Wildman–Crippen MR) is 421 cm³/mol. The number of amides is 1. The second kappa shape index (κ2) is 41.4. The third-order valence-corrected chi connectivity index (χ3v) is 20.7. The molecule has 2 atom stereocenters. The highest BCUT2D eigenvalue weighted by Crippen LogP contribution is 2.32. The number of piperazine rings is 2. The van der Waals surface area contributed by atoms with Gasteiger partial charge in [-0.05, 0) is 191 Å². The van der Waals surface area contributed by atoms with E-state index < -0.39 is 0 Å². The Hall–Kier alpha value is -6.60. The van der Waals surface area contributed by atoms with E-state index in [0.29, 0.717) is 48.1 Å². The third kappa shape index (κ3) is 26.4. The van der Waals surface area contributed by atoms with Crippen LogP contribution in [0.3, 0.4) is 0 Å². The lowest BCUT2D eigenvalue weighted by molar-refractivity contribution is -0.139. The Kier molecular flexibility index (Phi) is 34.0. The molecule has 4 fully saturated rings. The molecular weight excluding hydrogens is 1220 g/mol. The van der Waals surface area contributed by atoms with Crippen molar-refractivity contribution >= 4 is 23.3 Å². The number of likely N-dealkylation sites (tertiary alicyclic amines) is 2. The minimum absolute atomic E-state index is 0.120. The molecule has 0 saturated carbocycles. The maximum Gasteiger partial charge on any atom is 0.244 e. The van der Waals surface area contributed by atoms with Gasteiger partial charge in [-0.2, -0.15) is 0 Å². The molecule has 0 bridgehead atoms. The van der Waals surface area contributed by atoms with Crippen LogP contribution < -0.4 is 5.32 Å². The van der Waals surface area contributed by atoms with Gasteiger partial charge in [0, 0.05) is 88.7 Å². The molecule has 540 valence electrons. The average molecular weight is 1350 g/mol. The van der Waals surface area contributed by atoms with E-state index in [2.05, 4.69) is 255 Å². The van der Waals surface area contributed by atoms with Crippen LogP contribution in [0.2, 0.25) is 0 Å². The number of aliphatic imine (C=N–C) groups is 1. The van der Waals surface area contributed by atoms with Crippen LogP contribution in [0.25, 0.3) is 0 Å². The van der Waals surface area contributed by atoms with Gasteiger partial charge in [0.05, 0.1) is 6.54 Å². The molecular formula is C88H130N8O3. The Bertz CT molecular complexity index is 3320. The lowest BCUT2D eigenvalue weighted by Crippen LogP contribution is -2.48. The first-order valence-electron chi connectivity index (χ1n) is 38.0. The van der Waals surface area contributed by atoms with Gasteiger partial charge in [0.2, 0.25) is 5.91 Å². The van der Waals surface area contributed by atoms with Crippen LogP contribution >= 0.6 is 0 Å². The molecule has 2 unspecified atom stereocenters. The predicted octanol–water partition coefficient (Wildman–Crippen LogP) is 18.5. The van der Waals surface area contributed by atoms with Gasteiger partial charge >= 0.3 is 0 Å². The molecule has 0 spiro atoms. The Morgan fingerprint density at radius 1 is 0.465 bits per heavy atom. The van der Waals surface area contributed by atoms with Crippen LogP contribution in [-0.4, -0.2) is 172 Å². The molecule has 6 aromatic rings. The fourth-order valence-electron chi connectivity index (χ4n) is 13.4. The van der Waals surface area contributed by atoms with Crippen molar-refractivity contribution in [2.45, 2.75) is 202 Å². The van der Waals surface area contributed by atoms with E-state index in [1.165, 1.54) is 96.4 Å². The first kappa shape index (κ1) is 81.4. The van der Waals surface area contributed by atoms with Crippen molar-refractivity contribution in [1.82, 2.24) is 34.7 Å². The summed E-state index contributed by atoms with van der Waals surface area (Å²) in [5.41, 5.74) is 15.2. The molecule has 5 aliphatic heterocycles. The summed E-state index contributed by atoms with van der Waals surface area (Å²) in [7, 11) is 6.13. The Morgan fingerprint density at radius 2 is 0.879 bits per heavy atom. The van der Waals surface area contributed by atoms with Gasteiger partial charge in [-0.15, -0.1) is 0 Å². The van der Waals surface area contributed by atoms with E-state index in [0.717, 1.165) is 99.7 Å². The fourth-order valence-corrected chi connectivity index (χ4v) is 13.4. The van der Waals surface area contributed by atoms with E-state index in [9.17, 15) is 14.4 Å². The molecule has 5 heterocycles. The van der Waals surface area contributed by atoms with Crippen molar-refractivity contribution in [3.05, 3.63) is 212 Å². The van der Waals surface area contributed by atoms with Crippen molar-refractivity contribution in [3.8, 4) is 0 Å². The number of piperidine rings is 2. The topological polar surface area (TPSA) is 95.0 Å². The van der Waals surface area contributed by atoms with Crippen molar-refractivity contribution in [1.29, 1.82) is 0 Å². The molecule has 4 saturated heterocycles. The Balaban J connectivity index is 0.000000188. The number of carbonyl (C=O) groups excluding carboxylic acids is 3. The molecule has 1 amide bonds. The number of amidine groups is 1. The molecule has 11 rings (SSSR count). The standard InChI is InChI=1S/C17H26N2O.C17H27N.C15H22N2O.C15H23N.C13H18N2.C11H14O/c1-4-18-9-11-19(12-10-18)13-17(20)16-7-5-15(6-8-16)14(2)3;1-13(2)15-5-7-16(8-6-15)17-9-11-18(12-10-17)14(3)4;1-11(2)12-5-7-13(8-6-12)14-15(18)17(4)10-9-16(14)3;1-12(2)13-6-8-14(9-7-13)15-5-4-10-16(3)11-15;1-10(2)11-4-6-12(7-5-11)13-14-8-3-9-15-13;1-8(2)10-4-6-11(7-5-10)9(3)12/h5-8,14H,4,9-13H2,1-3H3;5-8,13-14,17H,9-12H2,1-4H3;5-8,11,14H,9-10H2,1-4H3;6-9,12,15H,4-5,10-11H2,1-3H3;4-7,10H,3,8-9H2,1-2H3,(H,14,15);4-8H,1-3H3. The summed E-state index contributed by atoms with van der Waals surface area (Å²) in [5, 5.41) is 3.33. The number of Topliss-reactive ketones (excluding diaryl/α,β-unsaturated/α-hetero) is 2. The number of nitrogens with one attached hydrogen (secondary N) is 1. The highest BCUT2D eigenvalue weighted by molar-refractivity contribution is 5.99. The molecule has 11 nitrogen and oxygen atoms in total. The van der Waals surface area contributed by atoms with Gasteiger partial charge in [-0.1, -0.05) is 236 Å². The number of benzene rings is 6. The smallest absolute Gasteiger partial charge is 0.244 e. The highest BCUT2D eigenvalue weighted by Gasteiger charge is 2.32. The maximum atomic E-state index is 12.3. The summed E-state index contributed by atoms with van der Waals surface area (Å²) >= 11 is 0. The van der Waals surface area contributed by atoms with Crippen LogP contribution in [-0.2, 0) is 4.79 Å². The molecule has 6 aromatic carbocycles. The largest absolute Gasteiger partial charge is 0.370 e. The van der Waals surface area contributed by atoms with Crippen LogP contribution in [0.4, 0.5) is 0 Å². The van der Waals surface area contributed by atoms with E-state index in [4.69, 9.17) is 0 Å². The number of nitrogens with zero attached hydrogens (tertiary/aromatic N) is 7. The first-order valence-corrected chi connectivity index (χ1v) is 38.0. The van der Waals surface area contributed by atoms with E-state index in [1.54, 1.807) is 12.5 Å². The average Bonchev–Trinajstić information content (AvgIpc) is 0.836. The first-order chi connectivity index (χ1) is 47.2. The van der Waals surface area contributed by atoms with Gasteiger partial charge in [0.25, 0.3) is 0 Å². The molecule has 0 aliphatic carbocycles. The molecule has 1 N–H and O–H groups in total. The zero-order valence-electron chi connectivity index (χ0n) is 64.9. The Labute approximate surface area is 601 Å². The third-order valence-electron chi connectivity index (χ3n) is 20.7. The van der Waals surface area contributed by atoms with Crippen LogP contribution in [0.15, 0.2) is 151 Å². The number of ketones is 2. The van der Waals surface area contributed by atoms with Crippen LogP contribution in [0.1, 0.15) is 273 Å². The normalized spacial score (nSPS) is 18.3.